The van der Waals surface area contributed by atoms with Crippen LogP contribution in [0.3, 0.4) is 0 Å². The Morgan fingerprint density at radius 1 is 0.650 bits per heavy atom. The summed E-state index contributed by atoms with van der Waals surface area (Å²) in [6, 6.07) is 0. The van der Waals surface area contributed by atoms with E-state index in [1.54, 1.807) is 0 Å². The monoisotopic (exact) mass is 285 g/mol. The summed E-state index contributed by atoms with van der Waals surface area (Å²) in [4.78, 5) is 0. The van der Waals surface area contributed by atoms with E-state index in [2.05, 4.69) is 27.7 Å². The summed E-state index contributed by atoms with van der Waals surface area (Å²) in [5, 5.41) is 0. The number of hydrogen-bond acceptors (Lipinski definition) is 2. The van der Waals surface area contributed by atoms with Gasteiger partial charge in [-0.1, -0.05) is 72.6 Å². The summed E-state index contributed by atoms with van der Waals surface area (Å²) in [6.45, 7) is 10.0. The topological polar surface area (TPSA) is 35.2 Å². The first-order chi connectivity index (χ1) is 9.52. The van der Waals surface area contributed by atoms with Crippen molar-refractivity contribution in [3.05, 3.63) is 0 Å². The van der Waals surface area contributed by atoms with Gasteiger partial charge in [0.1, 0.15) is 6.23 Å². The molecule has 20 heavy (non-hydrogen) atoms. The number of hydrogen-bond donors (Lipinski definition) is 1. The minimum absolute atomic E-state index is 0.0373. The van der Waals surface area contributed by atoms with Gasteiger partial charge in [-0.2, -0.15) is 0 Å². The van der Waals surface area contributed by atoms with Crippen LogP contribution in [0.4, 0.5) is 0 Å². The van der Waals surface area contributed by atoms with E-state index in [0.29, 0.717) is 0 Å². The predicted molar refractivity (Wildman–Crippen MR) is 89.8 cm³/mol. The van der Waals surface area contributed by atoms with E-state index in [0.717, 1.165) is 24.9 Å². The van der Waals surface area contributed by atoms with Crippen LogP contribution >= 0.6 is 0 Å². The zero-order valence-electron chi connectivity index (χ0n) is 14.5. The van der Waals surface area contributed by atoms with Crippen LogP contribution in [0.15, 0.2) is 0 Å². The highest BCUT2D eigenvalue weighted by Crippen LogP contribution is 2.12. The highest BCUT2D eigenvalue weighted by atomic mass is 16.5. The van der Waals surface area contributed by atoms with Gasteiger partial charge in [-0.3, -0.25) is 0 Å². The van der Waals surface area contributed by atoms with E-state index in [1.165, 1.54) is 57.8 Å². The first-order valence-electron chi connectivity index (χ1n) is 8.89. The molecule has 1 unspecified atom stereocenters. The number of rotatable bonds is 14. The van der Waals surface area contributed by atoms with Gasteiger partial charge in [0.2, 0.25) is 0 Å². The van der Waals surface area contributed by atoms with Crippen molar-refractivity contribution in [3.8, 4) is 0 Å². The second-order valence-electron chi connectivity index (χ2n) is 7.04. The van der Waals surface area contributed by atoms with Crippen LogP contribution < -0.4 is 5.73 Å². The summed E-state index contributed by atoms with van der Waals surface area (Å²) in [6.07, 6.45) is 12.7. The molecule has 0 aromatic carbocycles. The van der Waals surface area contributed by atoms with E-state index in [-0.39, 0.29) is 6.23 Å². The second kappa shape index (κ2) is 13.9. The SMILES string of the molecule is CC(C)CCCCCCOC(N)CCCCCC(C)C. The first kappa shape index (κ1) is 19.9. The quantitative estimate of drug-likeness (QED) is 0.338. The fourth-order valence-corrected chi connectivity index (χ4v) is 2.40. The van der Waals surface area contributed by atoms with Gasteiger partial charge >= 0.3 is 0 Å². The van der Waals surface area contributed by atoms with Crippen LogP contribution in [-0.2, 0) is 4.74 Å². The highest BCUT2D eigenvalue weighted by molar-refractivity contribution is 4.53. The third-order valence-corrected chi connectivity index (χ3v) is 3.78. The average Bonchev–Trinajstić information content (AvgIpc) is 2.36. The molecule has 122 valence electrons. The summed E-state index contributed by atoms with van der Waals surface area (Å²) < 4.78 is 5.68. The molecule has 0 bridgehead atoms. The lowest BCUT2D eigenvalue weighted by Gasteiger charge is -2.13. The molecule has 0 aromatic rings. The van der Waals surface area contributed by atoms with E-state index < -0.39 is 0 Å². The standard InChI is InChI=1S/C18H39NO/c1-16(2)12-8-5-6-11-15-20-18(19)14-10-7-9-13-17(3)4/h16-18H,5-15,19H2,1-4H3. The molecule has 2 N–H and O–H groups in total. The largest absolute Gasteiger partial charge is 0.364 e. The molecule has 0 saturated heterocycles. The minimum Gasteiger partial charge on any atom is -0.364 e. The predicted octanol–water partition coefficient (Wildman–Crippen LogP) is 5.50. The van der Waals surface area contributed by atoms with Crippen molar-refractivity contribution in [3.63, 3.8) is 0 Å². The third-order valence-electron chi connectivity index (χ3n) is 3.78. The third kappa shape index (κ3) is 16.0. The van der Waals surface area contributed by atoms with Crippen LogP contribution in [0.5, 0.6) is 0 Å². The summed E-state index contributed by atoms with van der Waals surface area (Å²) >= 11 is 0. The van der Waals surface area contributed by atoms with Crippen LogP contribution in [0.1, 0.15) is 91.9 Å². The van der Waals surface area contributed by atoms with Crippen LogP contribution in [-0.4, -0.2) is 12.8 Å². The number of nitrogens with two attached hydrogens (primary N) is 1. The molecule has 0 aromatic heterocycles. The van der Waals surface area contributed by atoms with Crippen molar-refractivity contribution < 1.29 is 4.74 Å². The maximum absolute atomic E-state index is 5.97. The zero-order valence-corrected chi connectivity index (χ0v) is 14.5. The molecule has 1 atom stereocenters. The van der Waals surface area contributed by atoms with Crippen LogP contribution in [0, 0.1) is 11.8 Å². The first-order valence-corrected chi connectivity index (χ1v) is 8.89. The highest BCUT2D eigenvalue weighted by Gasteiger charge is 2.02. The van der Waals surface area contributed by atoms with Gasteiger partial charge in [-0.25, -0.2) is 0 Å². The van der Waals surface area contributed by atoms with Crippen molar-refractivity contribution in [2.75, 3.05) is 6.61 Å². The molecule has 0 aliphatic rings. The molecule has 0 spiro atoms. The van der Waals surface area contributed by atoms with Gasteiger partial charge in [0.25, 0.3) is 0 Å². The van der Waals surface area contributed by atoms with Gasteiger partial charge in [-0.15, -0.1) is 0 Å². The smallest absolute Gasteiger partial charge is 0.105 e. The van der Waals surface area contributed by atoms with Gasteiger partial charge in [0.05, 0.1) is 0 Å². The lowest BCUT2D eigenvalue weighted by molar-refractivity contribution is 0.0474. The van der Waals surface area contributed by atoms with Crippen molar-refractivity contribution in [2.45, 2.75) is 98.1 Å². The number of ether oxygens (including phenoxy) is 1. The fourth-order valence-electron chi connectivity index (χ4n) is 2.40. The van der Waals surface area contributed by atoms with E-state index in [4.69, 9.17) is 10.5 Å². The maximum atomic E-state index is 5.97. The summed E-state index contributed by atoms with van der Waals surface area (Å²) in [7, 11) is 0. The lowest BCUT2D eigenvalue weighted by Crippen LogP contribution is -2.24. The Morgan fingerprint density at radius 2 is 1.10 bits per heavy atom. The molecule has 2 nitrogen and oxygen atoms in total. The Kier molecular flexibility index (Phi) is 13.8. The van der Waals surface area contributed by atoms with Gasteiger partial charge in [-0.05, 0) is 31.1 Å². The Morgan fingerprint density at radius 3 is 1.65 bits per heavy atom. The van der Waals surface area contributed by atoms with Crippen molar-refractivity contribution in [2.24, 2.45) is 17.6 Å². The van der Waals surface area contributed by atoms with Crippen LogP contribution in [0.25, 0.3) is 0 Å². The van der Waals surface area contributed by atoms with Crippen LogP contribution in [0.2, 0.25) is 0 Å². The molecular weight excluding hydrogens is 246 g/mol. The van der Waals surface area contributed by atoms with Crippen molar-refractivity contribution in [1.29, 1.82) is 0 Å². The van der Waals surface area contributed by atoms with Gasteiger partial charge < -0.3 is 10.5 Å². The molecule has 0 heterocycles. The molecule has 0 saturated carbocycles. The molecular formula is C18H39NO. The fraction of sp³-hybridized carbons (Fsp3) is 1.00. The number of unbranched alkanes of at least 4 members (excludes halogenated alkanes) is 5. The van der Waals surface area contributed by atoms with Gasteiger partial charge in [0, 0.05) is 6.61 Å². The van der Waals surface area contributed by atoms with E-state index in [1.807, 2.05) is 0 Å². The summed E-state index contributed by atoms with van der Waals surface area (Å²) in [5.74, 6) is 1.67. The Labute approximate surface area is 127 Å². The molecule has 0 rings (SSSR count). The molecule has 0 aliphatic heterocycles. The second-order valence-corrected chi connectivity index (χ2v) is 7.04. The maximum Gasteiger partial charge on any atom is 0.105 e. The lowest BCUT2D eigenvalue weighted by atomic mass is 10.0. The Balaban J connectivity index is 3.18. The van der Waals surface area contributed by atoms with E-state index >= 15 is 0 Å². The molecule has 0 aliphatic carbocycles. The summed E-state index contributed by atoms with van der Waals surface area (Å²) in [5.41, 5.74) is 5.97. The average molecular weight is 286 g/mol. The minimum atomic E-state index is -0.0373. The molecule has 0 fully saturated rings. The van der Waals surface area contributed by atoms with Crippen molar-refractivity contribution >= 4 is 0 Å². The van der Waals surface area contributed by atoms with Crippen molar-refractivity contribution in [1.82, 2.24) is 0 Å². The Bertz CT molecular complexity index is 192. The normalized spacial score (nSPS) is 13.3. The molecule has 2 heteroatoms. The Hall–Kier alpha value is -0.0800. The molecule has 0 amide bonds. The molecule has 0 radical (unpaired) electrons. The van der Waals surface area contributed by atoms with Gasteiger partial charge in [0.15, 0.2) is 0 Å². The zero-order chi connectivity index (χ0) is 15.2. The van der Waals surface area contributed by atoms with E-state index in [9.17, 15) is 0 Å².